The standard InChI is InChI=1S/C50H47N15O13S3/c1-10-28-48-65-36(26(9)78-48)45(75)52-14-34-58-31(16-79-34)42(72)57-24(7)49-62-32(17-80-49)43(73)55-22(5)40(70)56-23(6)47-61-30(15-77-47)37-27(50-63-33(18-81-50)44(74)64-35(25(8)67)46(76)60-28)11-12-29(59-37)41(71)54-21(4)39(69)53-20(3)38(68)51-13-19(2)66/h10-12,15-18,24-25,35,67H,3-6,13-14H2,1-2,7-9H3,(H,51,68)(H,52,75)(H,53,69)(H,54,71)(H,55,73)(H,56,70)(H,57,72)(H,60,76)(H,64,74)/b28-10+/t24-,25+,35-/m0/s1. The van der Waals surface area contributed by atoms with Gasteiger partial charge in [-0.05, 0) is 46.8 Å². The predicted molar refractivity (Wildman–Crippen MR) is 289 cm³/mol. The van der Waals surface area contributed by atoms with Crippen LogP contribution in [0.3, 0.4) is 0 Å². The van der Waals surface area contributed by atoms with Gasteiger partial charge in [0.25, 0.3) is 47.3 Å². The number of carbonyl (C=O) groups is 10. The summed E-state index contributed by atoms with van der Waals surface area (Å²) >= 11 is 3.06. The van der Waals surface area contributed by atoms with Crippen LogP contribution >= 0.6 is 34.0 Å². The van der Waals surface area contributed by atoms with Crippen molar-refractivity contribution in [1.82, 2.24) is 77.8 Å². The zero-order valence-electron chi connectivity index (χ0n) is 43.3. The van der Waals surface area contributed by atoms with Gasteiger partial charge in [0.1, 0.15) is 73.0 Å². The van der Waals surface area contributed by atoms with Crippen molar-refractivity contribution in [3.8, 4) is 22.0 Å². The average molecular weight is 1160 g/mol. The number of hydrogen-bond acceptors (Lipinski definition) is 22. The van der Waals surface area contributed by atoms with Crippen LogP contribution in [0.5, 0.6) is 0 Å². The van der Waals surface area contributed by atoms with E-state index in [1.165, 1.54) is 62.0 Å². The molecule has 418 valence electrons. The van der Waals surface area contributed by atoms with Crippen LogP contribution in [0.2, 0.25) is 0 Å². The number of ketones is 1. The number of aromatic nitrogens is 6. The van der Waals surface area contributed by atoms with E-state index in [9.17, 15) is 53.1 Å². The first-order valence-corrected chi connectivity index (χ1v) is 26.2. The van der Waals surface area contributed by atoms with Gasteiger partial charge < -0.3 is 61.8 Å². The van der Waals surface area contributed by atoms with E-state index in [2.05, 4.69) is 104 Å². The molecule has 6 aromatic rings. The van der Waals surface area contributed by atoms with E-state index in [1.807, 2.05) is 0 Å². The molecule has 1 aliphatic heterocycles. The fraction of sp³-hybridized carbons (Fsp3) is 0.200. The lowest BCUT2D eigenvalue weighted by Gasteiger charge is -2.20. The Kier molecular flexibility index (Phi) is 18.3. The number of oxazole rings is 2. The third-order valence-electron chi connectivity index (χ3n) is 11.0. The fourth-order valence-corrected chi connectivity index (χ4v) is 9.15. The van der Waals surface area contributed by atoms with Gasteiger partial charge in [-0.3, -0.25) is 47.9 Å². The molecule has 0 radical (unpaired) electrons. The van der Waals surface area contributed by atoms with Gasteiger partial charge in [-0.1, -0.05) is 32.4 Å². The second-order valence-corrected chi connectivity index (χ2v) is 19.9. The highest BCUT2D eigenvalue weighted by Gasteiger charge is 2.31. The second-order valence-electron chi connectivity index (χ2n) is 17.2. The van der Waals surface area contributed by atoms with Gasteiger partial charge in [-0.25, -0.2) is 29.9 Å². The van der Waals surface area contributed by atoms with Crippen LogP contribution in [0.1, 0.15) is 114 Å². The molecule has 28 nitrogen and oxygen atoms in total. The molecule has 10 N–H and O–H groups in total. The van der Waals surface area contributed by atoms with Gasteiger partial charge in [0.15, 0.2) is 5.69 Å². The summed E-state index contributed by atoms with van der Waals surface area (Å²) in [5, 5.41) is 37.7. The SMILES string of the molecule is C=C(NC(=O)C(=C)NC(=O)c1ccc2c(n1)-c1coc(n1)C(=C)NC(=O)C(=C)NC(=O)c1csc(n1)[C@H](C)NC(=O)c1csc(n1)CNC(=O)c1nc(oc1C)/C(=C\C)NC(=O)[C@H]([C@@H](C)O)NC(=O)c1csc-2n1)C(=O)NCC(C)=O. The third kappa shape index (κ3) is 14.2. The minimum atomic E-state index is -1.61. The monoisotopic (exact) mass is 1160 g/mol. The van der Waals surface area contributed by atoms with Gasteiger partial charge in [0.2, 0.25) is 17.7 Å². The average Bonchev–Trinajstić information content (AvgIpc) is 4.37. The summed E-state index contributed by atoms with van der Waals surface area (Å²) < 4.78 is 11.4. The first kappa shape index (κ1) is 58.7. The summed E-state index contributed by atoms with van der Waals surface area (Å²) in [4.78, 5) is 157. The van der Waals surface area contributed by atoms with Crippen molar-refractivity contribution in [1.29, 1.82) is 0 Å². The highest BCUT2D eigenvalue weighted by atomic mass is 32.1. The number of fused-ring (bicyclic) bond motifs is 13. The first-order chi connectivity index (χ1) is 38.4. The molecule has 3 atom stereocenters. The number of aliphatic hydroxyl groups is 1. The number of amides is 9. The van der Waals surface area contributed by atoms with Crippen LogP contribution in [0.25, 0.3) is 33.4 Å². The van der Waals surface area contributed by atoms with Gasteiger partial charge in [0.05, 0.1) is 53.7 Å². The minimum absolute atomic E-state index is 0.0256. The molecule has 81 heavy (non-hydrogen) atoms. The molecule has 0 unspecified atom stereocenters. The highest BCUT2D eigenvalue weighted by molar-refractivity contribution is 7.13. The van der Waals surface area contributed by atoms with Gasteiger partial charge in [0, 0.05) is 21.7 Å². The number of aryl methyl sites for hydroxylation is 1. The number of aliphatic hydroxyl groups excluding tert-OH is 1. The normalized spacial score (nSPS) is 16.6. The molecule has 31 heteroatoms. The molecular formula is C50H47N15O13S3. The molecule has 6 aromatic heterocycles. The maximum Gasteiger partial charge on any atom is 0.275 e. The van der Waals surface area contributed by atoms with Crippen molar-refractivity contribution in [2.24, 2.45) is 0 Å². The number of Topliss-reactive ketones (excluding diaryl/α,β-unsaturated/α-hetero) is 1. The van der Waals surface area contributed by atoms with E-state index >= 15 is 0 Å². The van der Waals surface area contributed by atoms with Crippen LogP contribution < -0.4 is 47.9 Å². The Hall–Kier alpha value is -9.98. The smallest absolute Gasteiger partial charge is 0.275 e. The highest BCUT2D eigenvalue weighted by Crippen LogP contribution is 2.34. The molecule has 0 aromatic carbocycles. The Morgan fingerprint density at radius 2 is 1.43 bits per heavy atom. The number of nitrogens with zero attached hydrogens (tertiary/aromatic N) is 6. The molecule has 0 aliphatic carbocycles. The van der Waals surface area contributed by atoms with Gasteiger partial charge in [-0.15, -0.1) is 34.0 Å². The molecule has 0 saturated carbocycles. The van der Waals surface area contributed by atoms with E-state index in [-0.39, 0.29) is 98.2 Å². The number of thiazole rings is 3. The van der Waals surface area contributed by atoms with Crippen molar-refractivity contribution in [3.05, 3.63) is 140 Å². The molecule has 0 saturated heterocycles. The summed E-state index contributed by atoms with van der Waals surface area (Å²) in [7, 11) is 0. The van der Waals surface area contributed by atoms with Gasteiger partial charge >= 0.3 is 0 Å². The molecule has 1 aliphatic rings. The molecule has 7 rings (SSSR count). The maximum atomic E-state index is 13.8. The summed E-state index contributed by atoms with van der Waals surface area (Å²) in [6.45, 7) is 21.1. The lowest BCUT2D eigenvalue weighted by atomic mass is 10.1. The number of carbonyl (C=O) groups excluding carboxylic acids is 10. The molecule has 9 amide bonds. The van der Waals surface area contributed by atoms with Crippen molar-refractivity contribution in [2.75, 3.05) is 6.54 Å². The van der Waals surface area contributed by atoms with E-state index in [0.29, 0.717) is 10.0 Å². The van der Waals surface area contributed by atoms with Crippen molar-refractivity contribution in [2.45, 2.75) is 59.4 Å². The molecule has 10 bridgehead atoms. The van der Waals surface area contributed by atoms with Crippen LogP contribution in [0.4, 0.5) is 0 Å². The maximum absolute atomic E-state index is 13.8. The van der Waals surface area contributed by atoms with E-state index in [0.717, 1.165) is 40.3 Å². The third-order valence-corrected chi connectivity index (χ3v) is 13.7. The lowest BCUT2D eigenvalue weighted by molar-refractivity contribution is -0.124. The Labute approximate surface area is 469 Å². The number of hydrogen-bond donors (Lipinski definition) is 10. The summed E-state index contributed by atoms with van der Waals surface area (Å²) in [6, 6.07) is 0.275. The molecule has 0 spiro atoms. The number of rotatable bonds is 8. The largest absolute Gasteiger partial charge is 0.443 e. The lowest BCUT2D eigenvalue weighted by Crippen LogP contribution is -2.52. The quantitative estimate of drug-likeness (QED) is 0.0975. The van der Waals surface area contributed by atoms with Crippen LogP contribution in [-0.2, 0) is 30.5 Å². The van der Waals surface area contributed by atoms with Crippen LogP contribution in [0.15, 0.2) is 92.9 Å². The summed E-state index contributed by atoms with van der Waals surface area (Å²) in [6.07, 6.45) is 1.00. The Balaban J connectivity index is 1.19. The molecule has 0 fully saturated rings. The van der Waals surface area contributed by atoms with Gasteiger partial charge in [-0.2, -0.15) is 0 Å². The number of nitrogens with one attached hydrogen (secondary N) is 9. The number of pyridine rings is 1. The molecule has 7 heterocycles. The molecular weight excluding hydrogens is 1110 g/mol. The van der Waals surface area contributed by atoms with E-state index < -0.39 is 88.4 Å². The van der Waals surface area contributed by atoms with Crippen molar-refractivity contribution in [3.63, 3.8) is 0 Å². The minimum Gasteiger partial charge on any atom is -0.443 e. The first-order valence-electron chi connectivity index (χ1n) is 23.6. The van der Waals surface area contributed by atoms with E-state index in [4.69, 9.17) is 8.83 Å². The Morgan fingerprint density at radius 3 is 2.15 bits per heavy atom. The topological polar surface area (TPSA) is 403 Å². The Morgan fingerprint density at radius 1 is 0.765 bits per heavy atom. The Bertz CT molecular complexity index is 3680. The van der Waals surface area contributed by atoms with Crippen LogP contribution in [-0.4, -0.2) is 113 Å². The fourth-order valence-electron chi connectivity index (χ4n) is 6.80. The summed E-state index contributed by atoms with van der Waals surface area (Å²) in [5.41, 5.74) is -2.62. The van der Waals surface area contributed by atoms with E-state index in [1.54, 1.807) is 6.92 Å². The van der Waals surface area contributed by atoms with Crippen molar-refractivity contribution < 1.29 is 61.9 Å². The predicted octanol–water partition coefficient (Wildman–Crippen LogP) is 2.07. The number of allylic oxidation sites excluding steroid dienone is 1. The zero-order valence-corrected chi connectivity index (χ0v) is 45.7. The summed E-state index contributed by atoms with van der Waals surface area (Å²) in [5.74, 6) is -8.56. The zero-order chi connectivity index (χ0) is 59.0. The van der Waals surface area contributed by atoms with Crippen LogP contribution in [0, 0.1) is 6.92 Å². The second kappa shape index (κ2) is 25.2. The van der Waals surface area contributed by atoms with Crippen molar-refractivity contribution >= 4 is 104 Å².